The molecule has 0 atom stereocenters. The Morgan fingerprint density at radius 2 is 1.93 bits per heavy atom. The highest BCUT2D eigenvalue weighted by atomic mass is 19.1. The summed E-state index contributed by atoms with van der Waals surface area (Å²) in [7, 11) is 0. The Bertz CT molecular complexity index is 1050. The molecule has 0 aliphatic heterocycles. The van der Waals surface area contributed by atoms with Crippen molar-refractivity contribution in [1.82, 2.24) is 9.55 Å². The molecule has 2 aromatic heterocycles. The fourth-order valence-electron chi connectivity index (χ4n) is 4.33. The van der Waals surface area contributed by atoms with Gasteiger partial charge < -0.3 is 16.8 Å². The van der Waals surface area contributed by atoms with Crippen molar-refractivity contribution in [1.29, 1.82) is 0 Å². The Morgan fingerprint density at radius 1 is 1.23 bits per heavy atom. The van der Waals surface area contributed by atoms with Crippen LogP contribution in [0.15, 0.2) is 36.5 Å². The molecule has 0 bridgehead atoms. The fourth-order valence-corrected chi connectivity index (χ4v) is 4.33. The van der Waals surface area contributed by atoms with Crippen molar-refractivity contribution in [3.05, 3.63) is 53.6 Å². The third-order valence-corrected chi connectivity index (χ3v) is 5.88. The molecule has 0 radical (unpaired) electrons. The van der Waals surface area contributed by atoms with E-state index in [9.17, 15) is 9.18 Å². The predicted molar refractivity (Wildman–Crippen MR) is 117 cm³/mol. The maximum atomic E-state index is 13.5. The molecule has 1 aliphatic carbocycles. The van der Waals surface area contributed by atoms with Crippen LogP contribution in [0.25, 0.3) is 16.7 Å². The first-order valence-corrected chi connectivity index (χ1v) is 10.6. The molecule has 30 heavy (non-hydrogen) atoms. The Hall–Kier alpha value is -2.93. The average molecular weight is 410 g/mol. The number of anilines is 1. The first-order chi connectivity index (χ1) is 14.5. The highest BCUT2D eigenvalue weighted by molar-refractivity contribution is 6.06. The molecule has 1 aromatic carbocycles. The number of amides is 1. The quantitative estimate of drug-likeness (QED) is 0.575. The summed E-state index contributed by atoms with van der Waals surface area (Å²) in [4.78, 5) is 16.7. The maximum absolute atomic E-state index is 13.5. The lowest BCUT2D eigenvalue weighted by Gasteiger charge is -2.28. The van der Waals surface area contributed by atoms with Crippen molar-refractivity contribution >= 4 is 22.6 Å². The van der Waals surface area contributed by atoms with Crippen LogP contribution in [-0.2, 0) is 6.42 Å². The van der Waals surface area contributed by atoms with E-state index in [4.69, 9.17) is 11.5 Å². The van der Waals surface area contributed by atoms with Gasteiger partial charge in [0.25, 0.3) is 5.91 Å². The SMILES string of the molecule is CCCc1cc2c(NC3CCC(N)CC3)c(C(N)=O)cnc2n1-c1ccc(F)cc1. The number of hydrogen-bond donors (Lipinski definition) is 3. The standard InChI is InChI=1S/C23H28FN5O/c1-2-3-18-12-19-21(28-16-8-6-15(25)7-9-16)20(22(26)30)13-27-23(19)29(18)17-10-4-14(24)5-11-17/h4-5,10-13,15-16H,2-3,6-9,25H2,1H3,(H2,26,30)(H,27,28). The number of nitrogens with one attached hydrogen (secondary N) is 1. The number of nitrogens with two attached hydrogens (primary N) is 2. The molecular formula is C23H28FN5O. The number of halogens is 1. The molecule has 0 spiro atoms. The van der Waals surface area contributed by atoms with Gasteiger partial charge in [-0.2, -0.15) is 0 Å². The Morgan fingerprint density at radius 3 is 2.57 bits per heavy atom. The molecular weight excluding hydrogens is 381 g/mol. The van der Waals surface area contributed by atoms with Crippen LogP contribution in [0, 0.1) is 5.82 Å². The van der Waals surface area contributed by atoms with Gasteiger partial charge in [-0.15, -0.1) is 0 Å². The minimum atomic E-state index is -0.508. The molecule has 2 heterocycles. The Balaban J connectivity index is 1.86. The number of hydrogen-bond acceptors (Lipinski definition) is 4. The summed E-state index contributed by atoms with van der Waals surface area (Å²) in [5, 5.41) is 4.42. The molecule has 1 aliphatic rings. The average Bonchev–Trinajstić information content (AvgIpc) is 3.09. The minimum absolute atomic E-state index is 0.234. The van der Waals surface area contributed by atoms with Gasteiger partial charge in [-0.05, 0) is 62.4 Å². The Labute approximate surface area is 175 Å². The number of fused-ring (bicyclic) bond motifs is 1. The van der Waals surface area contributed by atoms with Crippen LogP contribution in [-0.4, -0.2) is 27.5 Å². The maximum Gasteiger partial charge on any atom is 0.252 e. The van der Waals surface area contributed by atoms with Crippen LogP contribution < -0.4 is 16.8 Å². The number of carbonyl (C=O) groups is 1. The fraction of sp³-hybridized carbons (Fsp3) is 0.391. The number of aromatic nitrogens is 2. The summed E-state index contributed by atoms with van der Waals surface area (Å²) >= 11 is 0. The van der Waals surface area contributed by atoms with Gasteiger partial charge in [-0.1, -0.05) is 13.3 Å². The zero-order valence-electron chi connectivity index (χ0n) is 17.2. The zero-order chi connectivity index (χ0) is 21.3. The van der Waals surface area contributed by atoms with Gasteiger partial charge in [0.2, 0.25) is 0 Å². The third-order valence-electron chi connectivity index (χ3n) is 5.88. The summed E-state index contributed by atoms with van der Waals surface area (Å²) < 4.78 is 15.5. The van der Waals surface area contributed by atoms with Crippen LogP contribution in [0.2, 0.25) is 0 Å². The van der Waals surface area contributed by atoms with Gasteiger partial charge in [0.05, 0.1) is 11.3 Å². The first-order valence-electron chi connectivity index (χ1n) is 10.6. The summed E-state index contributed by atoms with van der Waals surface area (Å²) in [5.41, 5.74) is 15.5. The third kappa shape index (κ3) is 3.89. The van der Waals surface area contributed by atoms with E-state index in [0.717, 1.165) is 66.6 Å². The molecule has 5 N–H and O–H groups in total. The molecule has 1 saturated carbocycles. The van der Waals surface area contributed by atoms with E-state index >= 15 is 0 Å². The van der Waals surface area contributed by atoms with Crippen LogP contribution >= 0.6 is 0 Å². The smallest absolute Gasteiger partial charge is 0.252 e. The number of primary amides is 1. The van der Waals surface area contributed by atoms with Crippen molar-refractivity contribution < 1.29 is 9.18 Å². The first kappa shape index (κ1) is 20.3. The molecule has 158 valence electrons. The molecule has 0 saturated heterocycles. The second-order valence-corrected chi connectivity index (χ2v) is 8.10. The molecule has 4 rings (SSSR count). The normalized spacial score (nSPS) is 19.2. The van der Waals surface area contributed by atoms with Crippen molar-refractivity contribution in [3.8, 4) is 5.69 Å². The Kier molecular flexibility index (Phi) is 5.72. The van der Waals surface area contributed by atoms with Gasteiger partial charge in [0.15, 0.2) is 0 Å². The van der Waals surface area contributed by atoms with E-state index in [1.807, 2.05) is 4.57 Å². The summed E-state index contributed by atoms with van der Waals surface area (Å²) in [6, 6.07) is 8.92. The van der Waals surface area contributed by atoms with Crippen molar-refractivity contribution in [2.45, 2.75) is 57.5 Å². The van der Waals surface area contributed by atoms with E-state index in [0.29, 0.717) is 5.56 Å². The monoisotopic (exact) mass is 409 g/mol. The van der Waals surface area contributed by atoms with Gasteiger partial charge in [0, 0.05) is 35.0 Å². The number of carbonyl (C=O) groups excluding carboxylic acids is 1. The largest absolute Gasteiger partial charge is 0.381 e. The van der Waals surface area contributed by atoms with E-state index in [1.165, 1.54) is 18.3 Å². The molecule has 3 aromatic rings. The molecule has 6 nitrogen and oxygen atoms in total. The van der Waals surface area contributed by atoms with Gasteiger partial charge in [-0.3, -0.25) is 9.36 Å². The molecule has 0 unspecified atom stereocenters. The predicted octanol–water partition coefficient (Wildman–Crippen LogP) is 3.90. The van der Waals surface area contributed by atoms with Gasteiger partial charge in [-0.25, -0.2) is 9.37 Å². The summed E-state index contributed by atoms with van der Waals surface area (Å²) in [5.74, 6) is -0.792. The lowest BCUT2D eigenvalue weighted by molar-refractivity contribution is 0.100. The van der Waals surface area contributed by atoms with Crippen molar-refractivity contribution in [2.75, 3.05) is 5.32 Å². The van der Waals surface area contributed by atoms with Crippen LogP contribution in [0.5, 0.6) is 0 Å². The lowest BCUT2D eigenvalue weighted by Crippen LogP contribution is -2.33. The van der Waals surface area contributed by atoms with Crippen LogP contribution in [0.3, 0.4) is 0 Å². The van der Waals surface area contributed by atoms with E-state index in [-0.39, 0.29) is 17.9 Å². The van der Waals surface area contributed by atoms with Crippen LogP contribution in [0.4, 0.5) is 10.1 Å². The highest BCUT2D eigenvalue weighted by Crippen LogP contribution is 2.33. The number of nitrogens with zero attached hydrogens (tertiary/aromatic N) is 2. The lowest BCUT2D eigenvalue weighted by atomic mass is 9.91. The summed E-state index contributed by atoms with van der Waals surface area (Å²) in [6.45, 7) is 2.11. The van der Waals surface area contributed by atoms with Crippen LogP contribution in [0.1, 0.15) is 55.1 Å². The second-order valence-electron chi connectivity index (χ2n) is 8.10. The van der Waals surface area contributed by atoms with E-state index in [1.54, 1.807) is 12.1 Å². The van der Waals surface area contributed by atoms with Crippen molar-refractivity contribution in [3.63, 3.8) is 0 Å². The molecule has 1 fully saturated rings. The molecule has 7 heteroatoms. The van der Waals surface area contributed by atoms with Gasteiger partial charge in [0.1, 0.15) is 11.5 Å². The van der Waals surface area contributed by atoms with Crippen molar-refractivity contribution in [2.24, 2.45) is 11.5 Å². The second kappa shape index (κ2) is 8.44. The minimum Gasteiger partial charge on any atom is -0.381 e. The number of rotatable bonds is 6. The summed E-state index contributed by atoms with van der Waals surface area (Å²) in [6.07, 6.45) is 7.12. The van der Waals surface area contributed by atoms with E-state index < -0.39 is 5.91 Å². The topological polar surface area (TPSA) is 99.0 Å². The van der Waals surface area contributed by atoms with E-state index in [2.05, 4.69) is 23.3 Å². The highest BCUT2D eigenvalue weighted by Gasteiger charge is 2.24. The zero-order valence-corrected chi connectivity index (χ0v) is 17.2. The molecule has 1 amide bonds. The number of pyridine rings is 1. The van der Waals surface area contributed by atoms with Gasteiger partial charge >= 0.3 is 0 Å². The number of aryl methyl sites for hydroxylation is 1. The number of benzene rings is 1.